The Hall–Kier alpha value is -3.40. The van der Waals surface area contributed by atoms with E-state index in [1.165, 1.54) is 204 Å². The van der Waals surface area contributed by atoms with Gasteiger partial charge < -0.3 is 29.3 Å². The summed E-state index contributed by atoms with van der Waals surface area (Å²) in [6, 6.07) is 12.0. The SMILES string of the molecule is CCCCCCCCCC/C=C/CCCCCOC(=O)c1ccccc1C(=O)[O-].CCCCCCCCCC/C=C/CCCCCOC(=O)c1ccccc1C(=O)[O-].[CH2]CCCCCCC.[CH2]CCCCCCC.[Sn+2]. The zero-order valence-electron chi connectivity index (χ0n) is 48.4. The van der Waals surface area contributed by atoms with Gasteiger partial charge >= 0.3 is 35.8 Å². The third-order valence-electron chi connectivity index (χ3n) is 12.7. The van der Waals surface area contributed by atoms with E-state index in [1.807, 2.05) is 0 Å². The number of carboxylic acid groups (broad SMARTS) is 2. The normalized spacial score (nSPS) is 10.6. The number of carbonyl (C=O) groups is 4. The van der Waals surface area contributed by atoms with Crippen molar-refractivity contribution in [3.8, 4) is 0 Å². The van der Waals surface area contributed by atoms with Gasteiger partial charge in [0.05, 0.1) is 36.3 Å². The minimum atomic E-state index is -1.36. The maximum absolute atomic E-state index is 12.0. The van der Waals surface area contributed by atoms with Gasteiger partial charge in [-0.25, -0.2) is 9.59 Å². The molecule has 8 nitrogen and oxygen atoms in total. The van der Waals surface area contributed by atoms with Crippen LogP contribution in [-0.2, 0) is 9.47 Å². The molecule has 0 amide bonds. The molecule has 0 fully saturated rings. The average Bonchev–Trinajstić information content (AvgIpc) is 3.41. The van der Waals surface area contributed by atoms with Crippen molar-refractivity contribution >= 4 is 47.8 Å². The van der Waals surface area contributed by atoms with Crippen LogP contribution in [-0.4, -0.2) is 61.0 Å². The van der Waals surface area contributed by atoms with Gasteiger partial charge in [-0.1, -0.05) is 269 Å². The predicted molar refractivity (Wildman–Crippen MR) is 315 cm³/mol. The van der Waals surface area contributed by atoms with Crippen molar-refractivity contribution in [1.29, 1.82) is 0 Å². The number of carbonyl (C=O) groups excluding carboxylic acids is 4. The second-order valence-corrected chi connectivity index (χ2v) is 19.6. The Kier molecular flexibility index (Phi) is 62.1. The van der Waals surface area contributed by atoms with E-state index >= 15 is 0 Å². The summed E-state index contributed by atoms with van der Waals surface area (Å²) >= 11 is 0. The third-order valence-corrected chi connectivity index (χ3v) is 12.7. The molecule has 2 rings (SSSR count). The number of benzene rings is 2. The maximum atomic E-state index is 12.0. The predicted octanol–water partition coefficient (Wildman–Crippen LogP) is 17.7. The quantitative estimate of drug-likeness (QED) is 0.0277. The minimum Gasteiger partial charge on any atom is -0.545 e. The number of esters is 2. The van der Waals surface area contributed by atoms with Gasteiger partial charge in [-0.3, -0.25) is 0 Å². The number of rotatable bonds is 44. The van der Waals surface area contributed by atoms with E-state index in [9.17, 15) is 29.4 Å². The molecule has 0 saturated carbocycles. The van der Waals surface area contributed by atoms with E-state index in [2.05, 4.69) is 65.8 Å². The van der Waals surface area contributed by atoms with E-state index in [1.54, 1.807) is 24.3 Å². The van der Waals surface area contributed by atoms with Gasteiger partial charge in [-0.05, 0) is 89.2 Å². The van der Waals surface area contributed by atoms with Gasteiger partial charge in [-0.2, -0.15) is 0 Å². The van der Waals surface area contributed by atoms with E-state index in [0.717, 1.165) is 64.2 Å². The Labute approximate surface area is 477 Å². The van der Waals surface area contributed by atoms with Gasteiger partial charge in [0.1, 0.15) is 0 Å². The molecule has 0 heterocycles. The summed E-state index contributed by atoms with van der Waals surface area (Å²) in [6.45, 7) is 17.2. The van der Waals surface area contributed by atoms with Gasteiger partial charge in [0.15, 0.2) is 0 Å². The first-order chi connectivity index (χ1) is 36.2. The Morgan fingerprint density at radius 3 is 0.840 bits per heavy atom. The monoisotopic (exact) mass is 1150 g/mol. The molecule has 0 atom stereocenters. The molecule has 2 aromatic carbocycles. The summed E-state index contributed by atoms with van der Waals surface area (Å²) in [5, 5.41) is 22.0. The van der Waals surface area contributed by atoms with Gasteiger partial charge in [0.2, 0.25) is 0 Å². The summed E-state index contributed by atoms with van der Waals surface area (Å²) in [5.41, 5.74) is -0.147. The molecule has 75 heavy (non-hydrogen) atoms. The number of carboxylic acids is 2. The molecule has 0 aromatic heterocycles. The standard InChI is InChI=1S/2C25H38O4.2C8H17.Sn/c2*1-2-3-4-5-6-7-8-9-10-11-12-13-14-15-18-21-29-25(28)23-20-17-16-19-22(23)24(26)27;2*1-3-5-7-8-6-4-2;/h2*11-12,16-17,19-20H,2-10,13-15,18,21H2,1H3,(H,26,27);2*1,3-8H2,2H3;/q;;;;+2/p-2/b2*12-11+;;;. The minimum absolute atomic E-state index is 0. The zero-order valence-corrected chi connectivity index (χ0v) is 51.2. The van der Waals surface area contributed by atoms with E-state index in [-0.39, 0.29) is 46.2 Å². The van der Waals surface area contributed by atoms with Crippen LogP contribution in [0.3, 0.4) is 0 Å². The second kappa shape index (κ2) is 61.5. The average molecular weight is 1150 g/mol. The maximum Gasteiger partial charge on any atom is 2.00 e. The first kappa shape index (κ1) is 75.8. The Bertz CT molecular complexity index is 1510. The number of ether oxygens (including phenoxy) is 2. The van der Waals surface area contributed by atoms with E-state index < -0.39 is 23.9 Å². The Morgan fingerprint density at radius 1 is 0.360 bits per heavy atom. The number of hydrogen-bond donors (Lipinski definition) is 0. The van der Waals surface area contributed by atoms with Crippen molar-refractivity contribution in [1.82, 2.24) is 0 Å². The van der Waals surface area contributed by atoms with Crippen molar-refractivity contribution in [3.63, 3.8) is 0 Å². The molecule has 424 valence electrons. The molecule has 0 bridgehead atoms. The third kappa shape index (κ3) is 51.1. The summed E-state index contributed by atoms with van der Waals surface area (Å²) < 4.78 is 10.4. The van der Waals surface area contributed by atoms with Crippen molar-refractivity contribution in [2.24, 2.45) is 0 Å². The fourth-order valence-electron chi connectivity index (χ4n) is 8.07. The van der Waals surface area contributed by atoms with Crippen LogP contribution in [0.2, 0.25) is 0 Å². The van der Waals surface area contributed by atoms with E-state index in [4.69, 9.17) is 9.47 Å². The molecule has 0 aliphatic heterocycles. The number of aromatic carboxylic acids is 2. The van der Waals surface area contributed by atoms with Crippen molar-refractivity contribution in [3.05, 3.63) is 109 Å². The zero-order chi connectivity index (χ0) is 54.8. The fraction of sp³-hybridized carbons (Fsp3) is 0.667. The van der Waals surface area contributed by atoms with Crippen molar-refractivity contribution in [2.75, 3.05) is 13.2 Å². The summed E-state index contributed by atoms with van der Waals surface area (Å²) in [7, 11) is 0. The van der Waals surface area contributed by atoms with Crippen LogP contribution in [0.25, 0.3) is 0 Å². The van der Waals surface area contributed by atoms with Crippen LogP contribution >= 0.6 is 0 Å². The topological polar surface area (TPSA) is 133 Å². The molecule has 0 spiro atoms. The summed E-state index contributed by atoms with van der Waals surface area (Å²) in [6.07, 6.45) is 56.8. The molecule has 0 aliphatic rings. The molecule has 0 saturated heterocycles. The first-order valence-corrected chi connectivity index (χ1v) is 30.0. The molecular weight excluding hydrogens is 1040 g/mol. The Balaban J connectivity index is -0.00000106. The molecule has 0 N–H and O–H groups in total. The van der Waals surface area contributed by atoms with Crippen LogP contribution in [0.1, 0.15) is 313 Å². The van der Waals surface area contributed by atoms with Crippen molar-refractivity contribution in [2.45, 2.75) is 272 Å². The van der Waals surface area contributed by atoms with Crippen LogP contribution in [0.15, 0.2) is 72.8 Å². The molecule has 4 radical (unpaired) electrons. The van der Waals surface area contributed by atoms with Gasteiger partial charge in [-0.15, -0.1) is 0 Å². The molecule has 2 aromatic rings. The first-order valence-electron chi connectivity index (χ1n) is 30.0. The summed E-state index contributed by atoms with van der Waals surface area (Å²) in [4.78, 5) is 46.0. The van der Waals surface area contributed by atoms with Crippen LogP contribution in [0.5, 0.6) is 0 Å². The molecule has 0 aliphatic carbocycles. The largest absolute Gasteiger partial charge is 2.00 e. The van der Waals surface area contributed by atoms with Crippen LogP contribution in [0.4, 0.5) is 0 Å². The number of hydrogen-bond acceptors (Lipinski definition) is 8. The van der Waals surface area contributed by atoms with Crippen LogP contribution < -0.4 is 10.2 Å². The second-order valence-electron chi connectivity index (χ2n) is 19.6. The number of allylic oxidation sites excluding steroid dienone is 4. The van der Waals surface area contributed by atoms with Crippen LogP contribution in [0, 0.1) is 13.8 Å². The van der Waals surface area contributed by atoms with E-state index in [0.29, 0.717) is 13.2 Å². The Morgan fingerprint density at radius 2 is 0.587 bits per heavy atom. The van der Waals surface area contributed by atoms with Gasteiger partial charge in [0, 0.05) is 11.1 Å². The van der Waals surface area contributed by atoms with Crippen molar-refractivity contribution < 1.29 is 38.9 Å². The molecular formula is C66H108O8Sn. The smallest absolute Gasteiger partial charge is 0.545 e. The molecule has 0 unspecified atom stereocenters. The van der Waals surface area contributed by atoms with Gasteiger partial charge in [0.25, 0.3) is 0 Å². The fourth-order valence-corrected chi connectivity index (χ4v) is 8.07. The number of unbranched alkanes of at least 4 members (excludes halogenated alkanes) is 32. The summed E-state index contributed by atoms with van der Waals surface area (Å²) in [5.74, 6) is -3.93. The molecule has 9 heteroatoms.